The van der Waals surface area contributed by atoms with E-state index in [1.54, 1.807) is 24.3 Å². The first-order valence-corrected chi connectivity index (χ1v) is 13.9. The van der Waals surface area contributed by atoms with Crippen LogP contribution in [0.2, 0.25) is 5.02 Å². The monoisotopic (exact) mass is 574 g/mol. The Morgan fingerprint density at radius 3 is 2.59 bits per heavy atom. The van der Waals surface area contributed by atoms with Gasteiger partial charge in [0.2, 0.25) is 5.91 Å². The average molecular weight is 575 g/mol. The van der Waals surface area contributed by atoms with E-state index >= 15 is 0 Å². The Labute approximate surface area is 241 Å². The first-order chi connectivity index (χ1) is 19.8. The van der Waals surface area contributed by atoms with E-state index in [4.69, 9.17) is 16.3 Å². The van der Waals surface area contributed by atoms with Crippen LogP contribution in [0.3, 0.4) is 0 Å². The van der Waals surface area contributed by atoms with Gasteiger partial charge in [0.25, 0.3) is 11.5 Å². The van der Waals surface area contributed by atoms with Crippen LogP contribution in [0.5, 0.6) is 0 Å². The summed E-state index contributed by atoms with van der Waals surface area (Å²) in [5, 5.41) is 6.38. The number of benzene rings is 3. The number of aromatic nitrogens is 2. The van der Waals surface area contributed by atoms with Crippen LogP contribution in [-0.2, 0) is 29.0 Å². The zero-order valence-corrected chi connectivity index (χ0v) is 23.4. The molecule has 1 fully saturated rings. The van der Waals surface area contributed by atoms with Crippen LogP contribution >= 0.6 is 11.6 Å². The van der Waals surface area contributed by atoms with Crippen molar-refractivity contribution in [1.29, 1.82) is 0 Å². The van der Waals surface area contributed by atoms with Crippen LogP contribution in [-0.4, -0.2) is 40.2 Å². The summed E-state index contributed by atoms with van der Waals surface area (Å²) in [5.41, 5.74) is 1.77. The van der Waals surface area contributed by atoms with E-state index in [9.17, 15) is 19.2 Å². The predicted octanol–water partition coefficient (Wildman–Crippen LogP) is 3.92. The molecule has 1 aliphatic rings. The predicted molar refractivity (Wildman–Crippen MR) is 159 cm³/mol. The highest BCUT2D eigenvalue weighted by molar-refractivity contribution is 6.31. The highest BCUT2D eigenvalue weighted by atomic mass is 35.5. The number of ether oxygens (including phenoxy) is 1. The van der Waals surface area contributed by atoms with Gasteiger partial charge in [0, 0.05) is 29.4 Å². The largest absolute Gasteiger partial charge is 0.376 e. The molecule has 1 saturated heterocycles. The molecule has 0 spiro atoms. The third kappa shape index (κ3) is 6.58. The number of nitrogens with zero attached hydrogens (tertiary/aromatic N) is 2. The van der Waals surface area contributed by atoms with Crippen molar-refractivity contribution in [3.63, 3.8) is 0 Å². The molecule has 1 unspecified atom stereocenters. The molecule has 0 bridgehead atoms. The lowest BCUT2D eigenvalue weighted by atomic mass is 10.1. The maximum atomic E-state index is 13.7. The zero-order valence-electron chi connectivity index (χ0n) is 22.7. The summed E-state index contributed by atoms with van der Waals surface area (Å²) in [7, 11) is 0. The Bertz CT molecular complexity index is 1710. The van der Waals surface area contributed by atoms with Crippen molar-refractivity contribution in [3.05, 3.63) is 109 Å². The van der Waals surface area contributed by atoms with Gasteiger partial charge in [-0.1, -0.05) is 48.0 Å². The van der Waals surface area contributed by atoms with E-state index in [1.165, 1.54) is 16.7 Å². The summed E-state index contributed by atoms with van der Waals surface area (Å²) in [5.74, 6) is -0.817. The standard InChI is InChI=1S/C31H31ClN4O5/c1-20-9-11-23(32)17-26(20)34-28(37)19-35-27-16-22(29(38)33-14-13-21-6-3-2-4-7-21)10-12-25(27)30(39)36(31(35)40)18-24-8-5-15-41-24/h2-4,6-7,9-12,16-17,24H,5,8,13-15,18-19H2,1H3,(H,33,38)(H,34,37). The van der Waals surface area contributed by atoms with Crippen LogP contribution < -0.4 is 21.9 Å². The summed E-state index contributed by atoms with van der Waals surface area (Å²) >= 11 is 6.11. The average Bonchev–Trinajstić information content (AvgIpc) is 3.49. The van der Waals surface area contributed by atoms with Gasteiger partial charge in [0.15, 0.2) is 0 Å². The molecule has 5 rings (SSSR count). The summed E-state index contributed by atoms with van der Waals surface area (Å²) in [4.78, 5) is 53.3. The molecule has 0 saturated carbocycles. The van der Waals surface area contributed by atoms with Crippen molar-refractivity contribution < 1.29 is 14.3 Å². The number of carbonyl (C=O) groups excluding carboxylic acids is 2. The Morgan fingerprint density at radius 1 is 1.02 bits per heavy atom. The number of aryl methyl sites for hydroxylation is 1. The molecule has 1 aromatic heterocycles. The minimum Gasteiger partial charge on any atom is -0.376 e. The van der Waals surface area contributed by atoms with E-state index in [1.807, 2.05) is 37.3 Å². The molecule has 10 heteroatoms. The van der Waals surface area contributed by atoms with Gasteiger partial charge in [-0.15, -0.1) is 0 Å². The maximum Gasteiger partial charge on any atom is 0.332 e. The van der Waals surface area contributed by atoms with Crippen LogP contribution in [0.15, 0.2) is 76.3 Å². The molecule has 2 heterocycles. The molecule has 41 heavy (non-hydrogen) atoms. The molecular weight excluding hydrogens is 544 g/mol. The maximum absolute atomic E-state index is 13.7. The lowest BCUT2D eigenvalue weighted by Gasteiger charge is -2.17. The fourth-order valence-corrected chi connectivity index (χ4v) is 5.17. The summed E-state index contributed by atoms with van der Waals surface area (Å²) in [6.07, 6.45) is 1.98. The molecular formula is C31H31ClN4O5. The number of rotatable bonds is 9. The number of fused-ring (bicyclic) bond motifs is 1. The number of hydrogen-bond donors (Lipinski definition) is 2. The molecule has 3 aromatic carbocycles. The van der Waals surface area contributed by atoms with Crippen molar-refractivity contribution in [3.8, 4) is 0 Å². The minimum absolute atomic E-state index is 0.0876. The van der Waals surface area contributed by atoms with Gasteiger partial charge >= 0.3 is 5.69 Å². The van der Waals surface area contributed by atoms with Gasteiger partial charge in [0.1, 0.15) is 6.54 Å². The lowest BCUT2D eigenvalue weighted by Crippen LogP contribution is -2.43. The van der Waals surface area contributed by atoms with E-state index < -0.39 is 17.2 Å². The Kier molecular flexibility index (Phi) is 8.66. The van der Waals surface area contributed by atoms with E-state index in [0.717, 1.165) is 28.5 Å². The second-order valence-electron chi connectivity index (χ2n) is 10.2. The van der Waals surface area contributed by atoms with Gasteiger partial charge in [-0.05, 0) is 67.6 Å². The first kappa shape index (κ1) is 28.3. The molecule has 1 aliphatic heterocycles. The second-order valence-corrected chi connectivity index (χ2v) is 10.6. The number of amides is 2. The Hall–Kier alpha value is -4.21. The SMILES string of the molecule is Cc1ccc(Cl)cc1NC(=O)Cn1c(=O)n(CC2CCCO2)c(=O)c2ccc(C(=O)NCCc3ccccc3)cc21. The normalized spacial score (nSPS) is 14.7. The summed E-state index contributed by atoms with van der Waals surface area (Å²) < 4.78 is 8.03. The van der Waals surface area contributed by atoms with Gasteiger partial charge in [-0.2, -0.15) is 0 Å². The van der Waals surface area contributed by atoms with E-state index in [2.05, 4.69) is 10.6 Å². The molecule has 1 atom stereocenters. The highest BCUT2D eigenvalue weighted by Crippen LogP contribution is 2.21. The number of carbonyl (C=O) groups is 2. The molecule has 212 valence electrons. The van der Waals surface area contributed by atoms with Crippen molar-refractivity contribution in [2.45, 2.75) is 45.4 Å². The van der Waals surface area contributed by atoms with Crippen LogP contribution in [0.25, 0.3) is 10.9 Å². The first-order valence-electron chi connectivity index (χ1n) is 13.6. The Balaban J connectivity index is 1.47. The minimum atomic E-state index is -0.641. The molecule has 4 aromatic rings. The van der Waals surface area contributed by atoms with Crippen LogP contribution in [0.4, 0.5) is 5.69 Å². The fraction of sp³-hybridized carbons (Fsp3) is 0.290. The van der Waals surface area contributed by atoms with Crippen LogP contribution in [0, 0.1) is 6.92 Å². The van der Waals surface area contributed by atoms with Crippen LogP contribution in [0.1, 0.15) is 34.3 Å². The number of nitrogens with one attached hydrogen (secondary N) is 2. The quantitative estimate of drug-likeness (QED) is 0.315. The number of hydrogen-bond acceptors (Lipinski definition) is 5. The second kappa shape index (κ2) is 12.5. The number of anilines is 1. The molecule has 2 amide bonds. The molecule has 0 aliphatic carbocycles. The van der Waals surface area contributed by atoms with E-state index in [-0.39, 0.29) is 41.6 Å². The van der Waals surface area contributed by atoms with Gasteiger partial charge in [0.05, 0.1) is 23.6 Å². The third-order valence-electron chi connectivity index (χ3n) is 7.22. The highest BCUT2D eigenvalue weighted by Gasteiger charge is 2.22. The van der Waals surface area contributed by atoms with Crippen molar-refractivity contribution >= 4 is 40.0 Å². The van der Waals surface area contributed by atoms with Gasteiger partial charge in [-0.25, -0.2) is 4.79 Å². The van der Waals surface area contributed by atoms with Crippen molar-refractivity contribution in [2.24, 2.45) is 0 Å². The molecule has 2 N–H and O–H groups in total. The smallest absolute Gasteiger partial charge is 0.332 e. The fourth-order valence-electron chi connectivity index (χ4n) is 4.99. The van der Waals surface area contributed by atoms with Crippen molar-refractivity contribution in [2.75, 3.05) is 18.5 Å². The van der Waals surface area contributed by atoms with E-state index in [0.29, 0.717) is 30.3 Å². The van der Waals surface area contributed by atoms with Crippen molar-refractivity contribution in [1.82, 2.24) is 14.5 Å². The summed E-state index contributed by atoms with van der Waals surface area (Å²) in [6.45, 7) is 2.54. The van der Waals surface area contributed by atoms with Gasteiger partial charge in [-0.3, -0.25) is 23.5 Å². The lowest BCUT2D eigenvalue weighted by molar-refractivity contribution is -0.116. The molecule has 9 nitrogen and oxygen atoms in total. The Morgan fingerprint density at radius 2 is 1.83 bits per heavy atom. The number of halogens is 1. The third-order valence-corrected chi connectivity index (χ3v) is 7.45. The molecule has 0 radical (unpaired) electrons. The summed E-state index contributed by atoms with van der Waals surface area (Å²) in [6, 6.07) is 19.5. The van der Waals surface area contributed by atoms with Gasteiger partial charge < -0.3 is 15.4 Å². The topological polar surface area (TPSA) is 111 Å². The zero-order chi connectivity index (χ0) is 28.9.